The quantitative estimate of drug-likeness (QED) is 0.747. The number of furan rings is 1. The predicted molar refractivity (Wildman–Crippen MR) is 51.3 cm³/mol. The lowest BCUT2D eigenvalue weighted by Gasteiger charge is -2.22. The Balaban J connectivity index is 2.02. The van der Waals surface area contributed by atoms with E-state index in [1.54, 1.807) is 6.26 Å². The Kier molecular flexibility index (Phi) is 2.38. The molecule has 0 aromatic carbocycles. The Morgan fingerprint density at radius 3 is 3.08 bits per heavy atom. The maximum atomic E-state index is 5.85. The van der Waals surface area contributed by atoms with Gasteiger partial charge in [0, 0.05) is 30.7 Å². The summed E-state index contributed by atoms with van der Waals surface area (Å²) >= 11 is 0. The van der Waals surface area contributed by atoms with Crippen LogP contribution in [0, 0.1) is 0 Å². The molecule has 2 rings (SSSR count). The maximum Gasteiger partial charge on any atom is 0.0950 e. The van der Waals surface area contributed by atoms with Gasteiger partial charge >= 0.3 is 0 Å². The highest BCUT2D eigenvalue weighted by molar-refractivity contribution is 5.11. The van der Waals surface area contributed by atoms with E-state index < -0.39 is 0 Å². The maximum absolute atomic E-state index is 5.85. The zero-order valence-corrected chi connectivity index (χ0v) is 7.94. The molecule has 1 fully saturated rings. The van der Waals surface area contributed by atoms with Crippen LogP contribution in [0.5, 0.6) is 0 Å². The lowest BCUT2D eigenvalue weighted by molar-refractivity contribution is 0.259. The fraction of sp³-hybridized carbons (Fsp3) is 0.600. The van der Waals surface area contributed by atoms with Crippen molar-refractivity contribution in [3.8, 4) is 0 Å². The van der Waals surface area contributed by atoms with Gasteiger partial charge in [-0.2, -0.15) is 0 Å². The van der Waals surface area contributed by atoms with Gasteiger partial charge in [0.25, 0.3) is 0 Å². The summed E-state index contributed by atoms with van der Waals surface area (Å²) < 4.78 is 5.06. The van der Waals surface area contributed by atoms with Crippen molar-refractivity contribution in [2.24, 2.45) is 5.73 Å². The van der Waals surface area contributed by atoms with Crippen molar-refractivity contribution in [3.05, 3.63) is 24.2 Å². The van der Waals surface area contributed by atoms with Crippen LogP contribution < -0.4 is 5.73 Å². The van der Waals surface area contributed by atoms with E-state index in [-0.39, 0.29) is 0 Å². The van der Waals surface area contributed by atoms with E-state index in [2.05, 4.69) is 11.8 Å². The topological polar surface area (TPSA) is 42.4 Å². The lowest BCUT2D eigenvalue weighted by Crippen LogP contribution is -2.28. The fourth-order valence-electron chi connectivity index (χ4n) is 1.89. The van der Waals surface area contributed by atoms with Gasteiger partial charge in [0.15, 0.2) is 0 Å². The second-order valence-corrected chi connectivity index (χ2v) is 3.78. The minimum absolute atomic E-state index is 0.356. The molecule has 1 aliphatic rings. The molecule has 2 unspecified atom stereocenters. The third-order valence-electron chi connectivity index (χ3n) is 2.83. The number of hydrogen-bond acceptors (Lipinski definition) is 3. The molecule has 1 aromatic rings. The number of rotatable bonds is 2. The van der Waals surface area contributed by atoms with E-state index in [4.69, 9.17) is 10.2 Å². The largest absolute Gasteiger partial charge is 0.472 e. The van der Waals surface area contributed by atoms with Gasteiger partial charge in [-0.15, -0.1) is 0 Å². The molecule has 0 aliphatic carbocycles. The third-order valence-corrected chi connectivity index (χ3v) is 2.83. The highest BCUT2D eigenvalue weighted by Crippen LogP contribution is 2.23. The van der Waals surface area contributed by atoms with Gasteiger partial charge in [0.1, 0.15) is 0 Å². The SMILES string of the molecule is CC(c1ccoc1)N1CCC(N)C1. The van der Waals surface area contributed by atoms with Crippen molar-refractivity contribution >= 4 is 0 Å². The summed E-state index contributed by atoms with van der Waals surface area (Å²) in [5, 5.41) is 0. The zero-order chi connectivity index (χ0) is 9.26. The molecule has 0 spiro atoms. The minimum atomic E-state index is 0.356. The highest BCUT2D eigenvalue weighted by Gasteiger charge is 2.24. The van der Waals surface area contributed by atoms with E-state index in [0.29, 0.717) is 12.1 Å². The van der Waals surface area contributed by atoms with Gasteiger partial charge < -0.3 is 10.2 Å². The zero-order valence-electron chi connectivity index (χ0n) is 7.94. The molecular weight excluding hydrogens is 164 g/mol. The molecule has 0 bridgehead atoms. The van der Waals surface area contributed by atoms with Crippen LogP contribution >= 0.6 is 0 Å². The van der Waals surface area contributed by atoms with Crippen molar-refractivity contribution < 1.29 is 4.42 Å². The van der Waals surface area contributed by atoms with E-state index in [9.17, 15) is 0 Å². The van der Waals surface area contributed by atoms with Crippen molar-refractivity contribution in [1.29, 1.82) is 0 Å². The second kappa shape index (κ2) is 3.52. The molecule has 1 aromatic heterocycles. The van der Waals surface area contributed by atoms with Gasteiger partial charge in [-0.3, -0.25) is 4.90 Å². The normalized spacial score (nSPS) is 26.5. The molecule has 1 saturated heterocycles. The smallest absolute Gasteiger partial charge is 0.0950 e. The molecule has 0 radical (unpaired) electrons. The molecule has 3 heteroatoms. The number of nitrogens with zero attached hydrogens (tertiary/aromatic N) is 1. The molecule has 2 heterocycles. The van der Waals surface area contributed by atoms with Crippen LogP contribution in [0.2, 0.25) is 0 Å². The van der Waals surface area contributed by atoms with Crippen LogP contribution in [0.15, 0.2) is 23.0 Å². The monoisotopic (exact) mass is 180 g/mol. The van der Waals surface area contributed by atoms with Crippen LogP contribution in [0.3, 0.4) is 0 Å². The third kappa shape index (κ3) is 1.76. The first-order valence-corrected chi connectivity index (χ1v) is 4.79. The van der Waals surface area contributed by atoms with Crippen LogP contribution in [0.1, 0.15) is 24.9 Å². The Morgan fingerprint density at radius 2 is 2.54 bits per heavy atom. The standard InChI is InChI=1S/C10H16N2O/c1-8(9-3-5-13-7-9)12-4-2-10(11)6-12/h3,5,7-8,10H,2,4,6,11H2,1H3. The van der Waals surface area contributed by atoms with Gasteiger partial charge in [0.2, 0.25) is 0 Å². The Labute approximate surface area is 78.5 Å². The van der Waals surface area contributed by atoms with Crippen LogP contribution in [-0.2, 0) is 0 Å². The number of likely N-dealkylation sites (tertiary alicyclic amines) is 1. The first kappa shape index (κ1) is 8.78. The Morgan fingerprint density at radius 1 is 1.69 bits per heavy atom. The molecular formula is C10H16N2O. The summed E-state index contributed by atoms with van der Waals surface area (Å²) in [5.41, 5.74) is 7.10. The van der Waals surface area contributed by atoms with Gasteiger partial charge in [-0.05, 0) is 19.4 Å². The summed E-state index contributed by atoms with van der Waals surface area (Å²) in [6.07, 6.45) is 4.65. The summed E-state index contributed by atoms with van der Waals surface area (Å²) in [6.45, 7) is 4.31. The van der Waals surface area contributed by atoms with Crippen molar-refractivity contribution in [3.63, 3.8) is 0 Å². The van der Waals surface area contributed by atoms with Crippen LogP contribution in [0.25, 0.3) is 0 Å². The molecule has 1 aliphatic heterocycles. The van der Waals surface area contributed by atoms with Crippen LogP contribution in [0.4, 0.5) is 0 Å². The first-order valence-electron chi connectivity index (χ1n) is 4.79. The second-order valence-electron chi connectivity index (χ2n) is 3.78. The van der Waals surface area contributed by atoms with E-state index >= 15 is 0 Å². The molecule has 0 saturated carbocycles. The lowest BCUT2D eigenvalue weighted by atomic mass is 10.1. The molecule has 72 valence electrons. The van der Waals surface area contributed by atoms with Gasteiger partial charge in [-0.25, -0.2) is 0 Å². The average molecular weight is 180 g/mol. The minimum Gasteiger partial charge on any atom is -0.472 e. The van der Waals surface area contributed by atoms with E-state index in [1.165, 1.54) is 5.56 Å². The van der Waals surface area contributed by atoms with E-state index in [1.807, 2.05) is 12.3 Å². The van der Waals surface area contributed by atoms with Gasteiger partial charge in [-0.1, -0.05) is 0 Å². The summed E-state index contributed by atoms with van der Waals surface area (Å²) in [4.78, 5) is 2.40. The van der Waals surface area contributed by atoms with Crippen molar-refractivity contribution in [2.75, 3.05) is 13.1 Å². The summed E-state index contributed by atoms with van der Waals surface area (Å²) in [7, 11) is 0. The average Bonchev–Trinajstić information content (AvgIpc) is 2.72. The van der Waals surface area contributed by atoms with Crippen molar-refractivity contribution in [1.82, 2.24) is 4.90 Å². The first-order chi connectivity index (χ1) is 6.27. The fourth-order valence-corrected chi connectivity index (χ4v) is 1.89. The molecule has 3 nitrogen and oxygen atoms in total. The number of hydrogen-bond donors (Lipinski definition) is 1. The highest BCUT2D eigenvalue weighted by atomic mass is 16.3. The summed E-state index contributed by atoms with van der Waals surface area (Å²) in [6, 6.07) is 2.82. The molecule has 0 amide bonds. The molecule has 2 atom stereocenters. The molecule has 13 heavy (non-hydrogen) atoms. The Hall–Kier alpha value is -0.800. The summed E-state index contributed by atoms with van der Waals surface area (Å²) in [5.74, 6) is 0. The van der Waals surface area contributed by atoms with Crippen LogP contribution in [-0.4, -0.2) is 24.0 Å². The number of nitrogens with two attached hydrogens (primary N) is 1. The van der Waals surface area contributed by atoms with Gasteiger partial charge in [0.05, 0.1) is 12.5 Å². The van der Waals surface area contributed by atoms with E-state index in [0.717, 1.165) is 19.5 Å². The van der Waals surface area contributed by atoms with Crippen molar-refractivity contribution in [2.45, 2.75) is 25.4 Å². The molecule has 2 N–H and O–H groups in total. The Bertz CT molecular complexity index is 258. The predicted octanol–water partition coefficient (Wildman–Crippen LogP) is 1.37.